The summed E-state index contributed by atoms with van der Waals surface area (Å²) in [6.45, 7) is 5.19. The Balaban J connectivity index is 1.28. The summed E-state index contributed by atoms with van der Waals surface area (Å²) in [6.07, 6.45) is 6.94. The summed E-state index contributed by atoms with van der Waals surface area (Å²) >= 11 is 0. The fraction of sp³-hybridized carbons (Fsp3) is 0.381. The highest BCUT2D eigenvalue weighted by atomic mass is 16.3. The fourth-order valence-corrected chi connectivity index (χ4v) is 3.50. The summed E-state index contributed by atoms with van der Waals surface area (Å²) in [5.74, 6) is 0.376. The minimum Gasteiger partial charge on any atom is -0.447 e. The maximum atomic E-state index is 12.4. The Morgan fingerprint density at radius 2 is 2.14 bits per heavy atom. The van der Waals surface area contributed by atoms with Crippen LogP contribution in [-0.2, 0) is 26.1 Å². The monoisotopic (exact) mass is 379 g/mol. The summed E-state index contributed by atoms with van der Waals surface area (Å²) in [5.41, 5.74) is 3.10. The smallest absolute Gasteiger partial charge is 0.273 e. The van der Waals surface area contributed by atoms with Gasteiger partial charge in [-0.2, -0.15) is 5.10 Å². The van der Waals surface area contributed by atoms with Gasteiger partial charge in [-0.1, -0.05) is 24.3 Å². The van der Waals surface area contributed by atoms with Gasteiger partial charge >= 0.3 is 0 Å². The molecular weight excluding hydrogens is 354 g/mol. The molecule has 1 aromatic carbocycles. The molecular formula is C21H25N5O2. The molecule has 3 aromatic rings. The number of nitrogens with zero attached hydrogens (tertiary/aromatic N) is 4. The van der Waals surface area contributed by atoms with Crippen molar-refractivity contribution in [2.75, 3.05) is 6.54 Å². The topological polar surface area (TPSA) is 76.2 Å². The molecule has 1 aliphatic rings. The molecule has 4 rings (SSSR count). The van der Waals surface area contributed by atoms with Gasteiger partial charge in [0.05, 0.1) is 6.54 Å². The Morgan fingerprint density at radius 3 is 2.96 bits per heavy atom. The third kappa shape index (κ3) is 4.48. The van der Waals surface area contributed by atoms with E-state index in [-0.39, 0.29) is 11.9 Å². The third-order valence-corrected chi connectivity index (χ3v) is 5.08. The van der Waals surface area contributed by atoms with Crippen LogP contribution in [0.15, 0.2) is 53.4 Å². The summed E-state index contributed by atoms with van der Waals surface area (Å²) < 4.78 is 7.40. The van der Waals surface area contributed by atoms with E-state index in [0.717, 1.165) is 32.5 Å². The standard InChI is InChI=1S/C21H25N5O2/c1-16(7-12-26-10-4-9-22-26)23-21(27)19-15-28-20(24-19)14-25-11-8-17-5-2-3-6-18(17)13-25/h2-6,9-10,15-16H,7-8,11-14H2,1H3,(H,23,27). The molecule has 1 aliphatic heterocycles. The SMILES string of the molecule is CC(CCn1cccn1)NC(=O)c1coc(CN2CCc3ccccc3C2)n1. The van der Waals surface area contributed by atoms with E-state index in [1.807, 2.05) is 23.9 Å². The lowest BCUT2D eigenvalue weighted by molar-refractivity contribution is 0.0932. The number of aryl methyl sites for hydroxylation is 1. The molecule has 0 bridgehead atoms. The van der Waals surface area contributed by atoms with Crippen molar-refractivity contribution in [3.8, 4) is 0 Å². The zero-order chi connectivity index (χ0) is 19.3. The van der Waals surface area contributed by atoms with E-state index in [2.05, 4.69) is 44.6 Å². The molecule has 1 unspecified atom stereocenters. The minimum absolute atomic E-state index is 0.0236. The number of fused-ring (bicyclic) bond motifs is 1. The molecule has 0 saturated carbocycles. The number of aromatic nitrogens is 3. The molecule has 7 nitrogen and oxygen atoms in total. The number of hydrogen-bond donors (Lipinski definition) is 1. The third-order valence-electron chi connectivity index (χ3n) is 5.08. The van der Waals surface area contributed by atoms with Crippen LogP contribution in [0.1, 0.15) is 40.9 Å². The zero-order valence-electron chi connectivity index (χ0n) is 16.0. The van der Waals surface area contributed by atoms with Gasteiger partial charge in [-0.05, 0) is 37.0 Å². The summed E-state index contributed by atoms with van der Waals surface area (Å²) in [6, 6.07) is 10.4. The summed E-state index contributed by atoms with van der Waals surface area (Å²) in [7, 11) is 0. The van der Waals surface area contributed by atoms with Gasteiger partial charge in [0, 0.05) is 38.1 Å². The Hall–Kier alpha value is -2.93. The molecule has 146 valence electrons. The fourth-order valence-electron chi connectivity index (χ4n) is 3.50. The first-order valence-corrected chi connectivity index (χ1v) is 9.69. The maximum Gasteiger partial charge on any atom is 0.273 e. The van der Waals surface area contributed by atoms with E-state index in [1.54, 1.807) is 6.20 Å². The highest BCUT2D eigenvalue weighted by molar-refractivity contribution is 5.92. The second-order valence-electron chi connectivity index (χ2n) is 7.29. The van der Waals surface area contributed by atoms with Crippen LogP contribution in [0.4, 0.5) is 0 Å². The molecule has 2 aromatic heterocycles. The number of oxazole rings is 1. The molecule has 0 radical (unpaired) electrons. The van der Waals surface area contributed by atoms with Gasteiger partial charge in [0.2, 0.25) is 5.89 Å². The number of rotatable bonds is 7. The van der Waals surface area contributed by atoms with Crippen molar-refractivity contribution in [3.05, 3.63) is 71.7 Å². The number of carbonyl (C=O) groups is 1. The lowest BCUT2D eigenvalue weighted by Crippen LogP contribution is -2.33. The van der Waals surface area contributed by atoms with Gasteiger partial charge in [0.25, 0.3) is 5.91 Å². The van der Waals surface area contributed by atoms with Gasteiger partial charge in [-0.3, -0.25) is 14.4 Å². The second-order valence-corrected chi connectivity index (χ2v) is 7.29. The van der Waals surface area contributed by atoms with Gasteiger partial charge < -0.3 is 9.73 Å². The van der Waals surface area contributed by atoms with E-state index >= 15 is 0 Å². The van der Waals surface area contributed by atoms with Crippen molar-refractivity contribution in [3.63, 3.8) is 0 Å². The Kier molecular flexibility index (Phi) is 5.53. The molecule has 28 heavy (non-hydrogen) atoms. The number of nitrogens with one attached hydrogen (secondary N) is 1. The molecule has 7 heteroatoms. The van der Waals surface area contributed by atoms with Crippen LogP contribution >= 0.6 is 0 Å². The number of carbonyl (C=O) groups excluding carboxylic acids is 1. The zero-order valence-corrected chi connectivity index (χ0v) is 16.0. The molecule has 3 heterocycles. The number of benzene rings is 1. The van der Waals surface area contributed by atoms with Crippen molar-refractivity contribution in [2.24, 2.45) is 0 Å². The molecule has 0 aliphatic carbocycles. The quantitative estimate of drug-likeness (QED) is 0.683. The average Bonchev–Trinajstić information content (AvgIpc) is 3.38. The largest absolute Gasteiger partial charge is 0.447 e. The highest BCUT2D eigenvalue weighted by Gasteiger charge is 2.19. The second kappa shape index (κ2) is 8.39. The normalized spacial score (nSPS) is 15.2. The number of hydrogen-bond acceptors (Lipinski definition) is 5. The molecule has 0 spiro atoms. The van der Waals surface area contributed by atoms with Crippen LogP contribution in [0, 0.1) is 0 Å². The van der Waals surface area contributed by atoms with Gasteiger partial charge in [0.15, 0.2) is 5.69 Å². The van der Waals surface area contributed by atoms with Crippen LogP contribution < -0.4 is 5.32 Å². The molecule has 0 fully saturated rings. The number of amides is 1. The van der Waals surface area contributed by atoms with Gasteiger partial charge in [-0.25, -0.2) is 4.98 Å². The molecule has 1 amide bonds. The Labute approximate surface area is 164 Å². The first-order valence-electron chi connectivity index (χ1n) is 9.69. The van der Waals surface area contributed by atoms with E-state index in [4.69, 9.17) is 4.42 Å². The maximum absolute atomic E-state index is 12.4. The predicted molar refractivity (Wildman–Crippen MR) is 105 cm³/mol. The highest BCUT2D eigenvalue weighted by Crippen LogP contribution is 2.20. The molecule has 1 N–H and O–H groups in total. The first kappa shape index (κ1) is 18.4. The lowest BCUT2D eigenvalue weighted by Gasteiger charge is -2.27. The van der Waals surface area contributed by atoms with E-state index in [1.165, 1.54) is 17.4 Å². The molecule has 0 saturated heterocycles. The van der Waals surface area contributed by atoms with Crippen molar-refractivity contribution in [2.45, 2.75) is 45.4 Å². The average molecular weight is 379 g/mol. The van der Waals surface area contributed by atoms with E-state index in [0.29, 0.717) is 18.1 Å². The Morgan fingerprint density at radius 1 is 1.29 bits per heavy atom. The first-order chi connectivity index (χ1) is 13.7. The van der Waals surface area contributed by atoms with Crippen molar-refractivity contribution in [1.82, 2.24) is 25.0 Å². The van der Waals surface area contributed by atoms with E-state index in [9.17, 15) is 4.79 Å². The van der Waals surface area contributed by atoms with Crippen molar-refractivity contribution < 1.29 is 9.21 Å². The van der Waals surface area contributed by atoms with Crippen LogP contribution in [0.5, 0.6) is 0 Å². The van der Waals surface area contributed by atoms with Crippen LogP contribution in [0.3, 0.4) is 0 Å². The van der Waals surface area contributed by atoms with E-state index < -0.39 is 0 Å². The van der Waals surface area contributed by atoms with Crippen molar-refractivity contribution >= 4 is 5.91 Å². The summed E-state index contributed by atoms with van der Waals surface area (Å²) in [5, 5.41) is 7.14. The van der Waals surface area contributed by atoms with Gasteiger partial charge in [0.1, 0.15) is 6.26 Å². The molecule has 1 atom stereocenters. The van der Waals surface area contributed by atoms with Crippen molar-refractivity contribution in [1.29, 1.82) is 0 Å². The van der Waals surface area contributed by atoms with Gasteiger partial charge in [-0.15, -0.1) is 0 Å². The summed E-state index contributed by atoms with van der Waals surface area (Å²) in [4.78, 5) is 19.1. The Bertz CT molecular complexity index is 919. The van der Waals surface area contributed by atoms with Crippen LogP contribution in [-0.4, -0.2) is 38.2 Å². The predicted octanol–water partition coefficient (Wildman–Crippen LogP) is 2.64. The minimum atomic E-state index is -0.202. The van der Waals surface area contributed by atoms with Crippen LogP contribution in [0.25, 0.3) is 0 Å². The lowest BCUT2D eigenvalue weighted by atomic mass is 10.00. The van der Waals surface area contributed by atoms with Crippen LogP contribution in [0.2, 0.25) is 0 Å².